The summed E-state index contributed by atoms with van der Waals surface area (Å²) in [5.41, 5.74) is 0.951. The van der Waals surface area contributed by atoms with Crippen molar-refractivity contribution in [1.29, 1.82) is 0 Å². The molecular formula is C13H17N5O. The predicted molar refractivity (Wildman–Crippen MR) is 71.2 cm³/mol. The van der Waals surface area contributed by atoms with Crippen LogP contribution in [0.3, 0.4) is 0 Å². The van der Waals surface area contributed by atoms with Crippen LogP contribution in [0.4, 0.5) is 5.95 Å². The maximum absolute atomic E-state index is 5.59. The third-order valence-electron chi connectivity index (χ3n) is 3.24. The molecule has 6 heteroatoms. The summed E-state index contributed by atoms with van der Waals surface area (Å²) in [5.74, 6) is 0.671. The molecule has 1 aromatic carbocycles. The smallest absolute Gasteiger partial charge is 0.247 e. The molecule has 1 saturated heterocycles. The molecule has 0 bridgehead atoms. The maximum Gasteiger partial charge on any atom is 0.247 e. The molecule has 0 radical (unpaired) electrons. The van der Waals surface area contributed by atoms with Crippen LogP contribution in [-0.2, 0) is 4.74 Å². The normalized spacial score (nSPS) is 18.6. The Hall–Kier alpha value is -1.95. The van der Waals surface area contributed by atoms with Gasteiger partial charge in [0.05, 0.1) is 11.8 Å². The molecule has 1 fully saturated rings. The zero-order valence-electron chi connectivity index (χ0n) is 10.7. The molecule has 2 aromatic rings. The molecule has 0 amide bonds. The Morgan fingerprint density at radius 2 is 2.21 bits per heavy atom. The number of benzene rings is 1. The molecule has 1 aromatic heterocycles. The highest BCUT2D eigenvalue weighted by Crippen LogP contribution is 2.16. The van der Waals surface area contributed by atoms with Gasteiger partial charge in [-0.2, -0.15) is 4.68 Å². The fraction of sp³-hybridized carbons (Fsp3) is 0.462. The number of ether oxygens (including phenoxy) is 1. The topological polar surface area (TPSA) is 64.9 Å². The minimum absolute atomic E-state index is 0.383. The molecule has 3 rings (SSSR count). The summed E-state index contributed by atoms with van der Waals surface area (Å²) in [6.07, 6.45) is 3.70. The molecule has 1 atom stereocenters. The summed E-state index contributed by atoms with van der Waals surface area (Å²) in [4.78, 5) is 0. The number of hydrogen-bond acceptors (Lipinski definition) is 5. The van der Waals surface area contributed by atoms with E-state index in [-0.39, 0.29) is 0 Å². The second-order valence-corrected chi connectivity index (χ2v) is 4.60. The SMILES string of the molecule is c1ccc(-n2nnnc2NCCC2CCCO2)cc1. The lowest BCUT2D eigenvalue weighted by molar-refractivity contribution is 0.107. The highest BCUT2D eigenvalue weighted by Gasteiger charge is 2.15. The summed E-state index contributed by atoms with van der Waals surface area (Å²) in [7, 11) is 0. The van der Waals surface area contributed by atoms with Gasteiger partial charge in [-0.05, 0) is 41.8 Å². The van der Waals surface area contributed by atoms with Crippen molar-refractivity contribution in [2.75, 3.05) is 18.5 Å². The van der Waals surface area contributed by atoms with Crippen molar-refractivity contribution >= 4 is 5.95 Å². The standard InChI is InChI=1S/C13H17N5O/c1-2-5-11(6-3-1)18-13(15-16-17-18)14-9-8-12-7-4-10-19-12/h1-3,5-6,12H,4,7-10H2,(H,14,15,17). The van der Waals surface area contributed by atoms with Gasteiger partial charge in [0.2, 0.25) is 5.95 Å². The van der Waals surface area contributed by atoms with Crippen molar-refractivity contribution in [2.45, 2.75) is 25.4 Å². The van der Waals surface area contributed by atoms with Crippen LogP contribution in [0.5, 0.6) is 0 Å². The first-order valence-corrected chi connectivity index (χ1v) is 6.63. The Labute approximate surface area is 111 Å². The Morgan fingerprint density at radius 3 is 3.00 bits per heavy atom. The molecule has 1 N–H and O–H groups in total. The zero-order chi connectivity index (χ0) is 12.9. The van der Waals surface area contributed by atoms with Gasteiger partial charge in [0, 0.05) is 13.2 Å². The van der Waals surface area contributed by atoms with Crippen molar-refractivity contribution in [3.8, 4) is 5.69 Å². The van der Waals surface area contributed by atoms with Gasteiger partial charge < -0.3 is 10.1 Å². The number of nitrogens with one attached hydrogen (secondary N) is 1. The predicted octanol–water partition coefficient (Wildman–Crippen LogP) is 1.64. The van der Waals surface area contributed by atoms with Crippen LogP contribution in [0, 0.1) is 0 Å². The van der Waals surface area contributed by atoms with Gasteiger partial charge >= 0.3 is 0 Å². The number of aromatic nitrogens is 4. The molecule has 2 heterocycles. The third-order valence-corrected chi connectivity index (χ3v) is 3.24. The maximum atomic E-state index is 5.59. The fourth-order valence-corrected chi connectivity index (χ4v) is 2.26. The van der Waals surface area contributed by atoms with Crippen molar-refractivity contribution in [3.63, 3.8) is 0 Å². The van der Waals surface area contributed by atoms with E-state index in [4.69, 9.17) is 4.74 Å². The Morgan fingerprint density at radius 1 is 1.32 bits per heavy atom. The van der Waals surface area contributed by atoms with E-state index in [0.29, 0.717) is 12.1 Å². The minimum Gasteiger partial charge on any atom is -0.378 e. The molecule has 1 aliphatic rings. The van der Waals surface area contributed by atoms with Crippen LogP contribution < -0.4 is 5.32 Å². The van der Waals surface area contributed by atoms with Crippen LogP contribution in [-0.4, -0.2) is 39.5 Å². The first-order chi connectivity index (χ1) is 9.43. The summed E-state index contributed by atoms with van der Waals surface area (Å²) < 4.78 is 7.29. The van der Waals surface area contributed by atoms with Crippen molar-refractivity contribution < 1.29 is 4.74 Å². The van der Waals surface area contributed by atoms with E-state index in [2.05, 4.69) is 20.8 Å². The lowest BCUT2D eigenvalue weighted by Gasteiger charge is -2.10. The van der Waals surface area contributed by atoms with Crippen molar-refractivity contribution in [2.24, 2.45) is 0 Å². The van der Waals surface area contributed by atoms with Gasteiger partial charge in [-0.15, -0.1) is 0 Å². The van der Waals surface area contributed by atoms with E-state index in [0.717, 1.165) is 31.7 Å². The van der Waals surface area contributed by atoms with Gasteiger partial charge in [-0.25, -0.2) is 0 Å². The van der Waals surface area contributed by atoms with E-state index in [1.165, 1.54) is 6.42 Å². The Bertz CT molecular complexity index is 507. The average molecular weight is 259 g/mol. The number of nitrogens with zero attached hydrogens (tertiary/aromatic N) is 4. The zero-order valence-corrected chi connectivity index (χ0v) is 10.7. The number of rotatable bonds is 5. The molecule has 19 heavy (non-hydrogen) atoms. The third kappa shape index (κ3) is 2.90. The average Bonchev–Trinajstić information content (AvgIpc) is 3.11. The van der Waals surface area contributed by atoms with Crippen LogP contribution >= 0.6 is 0 Å². The summed E-state index contributed by atoms with van der Waals surface area (Å²) in [6, 6.07) is 9.85. The fourth-order valence-electron chi connectivity index (χ4n) is 2.26. The number of para-hydroxylation sites is 1. The Balaban J connectivity index is 1.61. The largest absolute Gasteiger partial charge is 0.378 e. The van der Waals surface area contributed by atoms with Crippen molar-refractivity contribution in [3.05, 3.63) is 30.3 Å². The van der Waals surface area contributed by atoms with Crippen LogP contribution in [0.25, 0.3) is 5.69 Å². The molecule has 1 aliphatic heterocycles. The Kier molecular flexibility index (Phi) is 3.69. The lowest BCUT2D eigenvalue weighted by atomic mass is 10.2. The van der Waals surface area contributed by atoms with Gasteiger partial charge in [0.1, 0.15) is 0 Å². The second kappa shape index (κ2) is 5.79. The summed E-state index contributed by atoms with van der Waals surface area (Å²) in [6.45, 7) is 1.71. The number of anilines is 1. The van der Waals surface area contributed by atoms with Crippen LogP contribution in [0.2, 0.25) is 0 Å². The molecule has 1 unspecified atom stereocenters. The van der Waals surface area contributed by atoms with Gasteiger partial charge in [-0.1, -0.05) is 23.3 Å². The first kappa shape index (κ1) is 12.1. The monoisotopic (exact) mass is 259 g/mol. The molecule has 0 aliphatic carbocycles. The quantitative estimate of drug-likeness (QED) is 0.884. The highest BCUT2D eigenvalue weighted by molar-refractivity contribution is 5.38. The van der Waals surface area contributed by atoms with E-state index < -0.39 is 0 Å². The summed E-state index contributed by atoms with van der Waals surface area (Å²) in [5, 5.41) is 15.0. The molecule has 6 nitrogen and oxygen atoms in total. The van der Waals surface area contributed by atoms with E-state index >= 15 is 0 Å². The van der Waals surface area contributed by atoms with E-state index in [9.17, 15) is 0 Å². The van der Waals surface area contributed by atoms with Crippen molar-refractivity contribution in [1.82, 2.24) is 20.2 Å². The van der Waals surface area contributed by atoms with Crippen LogP contribution in [0.1, 0.15) is 19.3 Å². The molecule has 0 saturated carbocycles. The van der Waals surface area contributed by atoms with E-state index in [1.54, 1.807) is 4.68 Å². The van der Waals surface area contributed by atoms with E-state index in [1.807, 2.05) is 30.3 Å². The number of tetrazole rings is 1. The minimum atomic E-state index is 0.383. The summed E-state index contributed by atoms with van der Waals surface area (Å²) >= 11 is 0. The van der Waals surface area contributed by atoms with Gasteiger partial charge in [-0.3, -0.25) is 0 Å². The van der Waals surface area contributed by atoms with Gasteiger partial charge in [0.15, 0.2) is 0 Å². The lowest BCUT2D eigenvalue weighted by Crippen LogP contribution is -2.15. The molecule has 0 spiro atoms. The number of hydrogen-bond donors (Lipinski definition) is 1. The van der Waals surface area contributed by atoms with Crippen LogP contribution in [0.15, 0.2) is 30.3 Å². The second-order valence-electron chi connectivity index (χ2n) is 4.60. The highest BCUT2D eigenvalue weighted by atomic mass is 16.5. The molecular weight excluding hydrogens is 242 g/mol. The molecule has 100 valence electrons. The van der Waals surface area contributed by atoms with Gasteiger partial charge in [0.25, 0.3) is 0 Å². The first-order valence-electron chi connectivity index (χ1n) is 6.63.